The fourth-order valence-electron chi connectivity index (χ4n) is 1.67. The molecule has 1 heterocycles. The van der Waals surface area contributed by atoms with Crippen LogP contribution in [0.2, 0.25) is 0 Å². The Hall–Kier alpha value is -1.61. The number of nitrogens with one attached hydrogen (secondary N) is 1. The Bertz CT molecular complexity index is 474. The molecule has 3 heteroatoms. The van der Waals surface area contributed by atoms with E-state index >= 15 is 0 Å². The molecule has 2 rings (SSSR count). The first-order valence-electron chi connectivity index (χ1n) is 4.94. The van der Waals surface area contributed by atoms with E-state index in [9.17, 15) is 0 Å². The summed E-state index contributed by atoms with van der Waals surface area (Å²) in [4.78, 5) is 7.39. The lowest BCUT2D eigenvalue weighted by Crippen LogP contribution is -1.85. The van der Waals surface area contributed by atoms with Gasteiger partial charge in [-0.25, -0.2) is 4.98 Å². The van der Waals surface area contributed by atoms with Crippen molar-refractivity contribution in [2.45, 2.75) is 20.5 Å². The van der Waals surface area contributed by atoms with Crippen molar-refractivity contribution in [2.24, 2.45) is 0 Å². The van der Waals surface area contributed by atoms with Gasteiger partial charge in [-0.15, -0.1) is 0 Å². The summed E-state index contributed by atoms with van der Waals surface area (Å²) in [6.45, 7) is 3.97. The highest BCUT2D eigenvalue weighted by atomic mass is 16.3. The molecule has 0 amide bonds. The maximum Gasteiger partial charge on any atom is 0.132 e. The average Bonchev–Trinajstić information content (AvgIpc) is 2.60. The second-order valence-electron chi connectivity index (χ2n) is 3.68. The predicted octanol–water partition coefficient (Wildman–Crippen LogP) is 2.19. The van der Waals surface area contributed by atoms with Gasteiger partial charge in [-0.2, -0.15) is 0 Å². The van der Waals surface area contributed by atoms with Crippen molar-refractivity contribution in [3.8, 4) is 11.3 Å². The van der Waals surface area contributed by atoms with Crippen molar-refractivity contribution < 1.29 is 5.11 Å². The van der Waals surface area contributed by atoms with Crippen LogP contribution in [0, 0.1) is 13.8 Å². The molecular formula is C12H14N2O. The first-order valence-corrected chi connectivity index (χ1v) is 4.94. The number of aliphatic hydroxyl groups excluding tert-OH is 1. The Kier molecular flexibility index (Phi) is 2.56. The number of aromatic amines is 1. The molecule has 0 fully saturated rings. The van der Waals surface area contributed by atoms with Gasteiger partial charge in [-0.1, -0.05) is 23.8 Å². The zero-order chi connectivity index (χ0) is 10.8. The second-order valence-corrected chi connectivity index (χ2v) is 3.68. The molecule has 0 aliphatic rings. The van der Waals surface area contributed by atoms with Crippen LogP contribution in [-0.2, 0) is 6.61 Å². The van der Waals surface area contributed by atoms with Gasteiger partial charge in [0.1, 0.15) is 12.4 Å². The molecule has 1 aromatic carbocycles. The molecule has 0 saturated carbocycles. The normalized spacial score (nSPS) is 10.6. The molecule has 0 unspecified atom stereocenters. The van der Waals surface area contributed by atoms with Gasteiger partial charge in [-0.3, -0.25) is 0 Å². The van der Waals surface area contributed by atoms with Gasteiger partial charge in [-0.05, 0) is 19.9 Å². The van der Waals surface area contributed by atoms with Crippen LogP contribution in [0.25, 0.3) is 11.3 Å². The fraction of sp³-hybridized carbons (Fsp3) is 0.250. The van der Waals surface area contributed by atoms with Crippen LogP contribution in [0.15, 0.2) is 24.3 Å². The Morgan fingerprint density at radius 2 is 2.13 bits per heavy atom. The summed E-state index contributed by atoms with van der Waals surface area (Å²) in [5.41, 5.74) is 4.20. The second kappa shape index (κ2) is 3.87. The fourth-order valence-corrected chi connectivity index (χ4v) is 1.67. The number of benzene rings is 1. The largest absolute Gasteiger partial charge is 0.388 e. The van der Waals surface area contributed by atoms with Crippen molar-refractivity contribution in [1.29, 1.82) is 0 Å². The minimum Gasteiger partial charge on any atom is -0.388 e. The Labute approximate surface area is 88.8 Å². The molecule has 1 aromatic heterocycles. The van der Waals surface area contributed by atoms with Crippen LogP contribution in [0.3, 0.4) is 0 Å². The van der Waals surface area contributed by atoms with E-state index in [2.05, 4.69) is 29.0 Å². The summed E-state index contributed by atoms with van der Waals surface area (Å²) in [6.07, 6.45) is 0. The van der Waals surface area contributed by atoms with E-state index in [0.717, 1.165) is 17.0 Å². The van der Waals surface area contributed by atoms with E-state index in [1.54, 1.807) is 0 Å². The van der Waals surface area contributed by atoms with E-state index in [-0.39, 0.29) is 6.61 Å². The number of rotatable bonds is 2. The lowest BCUT2D eigenvalue weighted by Gasteiger charge is -1.99. The lowest BCUT2D eigenvalue weighted by atomic mass is 10.1. The number of aromatic nitrogens is 2. The highest BCUT2D eigenvalue weighted by Gasteiger charge is 2.07. The number of hydrogen-bond acceptors (Lipinski definition) is 2. The summed E-state index contributed by atoms with van der Waals surface area (Å²) in [7, 11) is 0. The minimum atomic E-state index is -0.0490. The van der Waals surface area contributed by atoms with E-state index in [0.29, 0.717) is 5.82 Å². The number of nitrogens with zero attached hydrogens (tertiary/aromatic N) is 1. The summed E-state index contributed by atoms with van der Waals surface area (Å²) in [5, 5.41) is 8.98. The average molecular weight is 202 g/mol. The molecule has 0 spiro atoms. The first-order chi connectivity index (χ1) is 7.20. The highest BCUT2D eigenvalue weighted by Crippen LogP contribution is 2.21. The molecule has 0 aliphatic carbocycles. The smallest absolute Gasteiger partial charge is 0.132 e. The van der Waals surface area contributed by atoms with Gasteiger partial charge in [0.25, 0.3) is 0 Å². The number of aliphatic hydroxyl groups is 1. The van der Waals surface area contributed by atoms with Crippen LogP contribution in [0.5, 0.6) is 0 Å². The zero-order valence-electron chi connectivity index (χ0n) is 8.91. The summed E-state index contributed by atoms with van der Waals surface area (Å²) in [5.74, 6) is 0.615. The van der Waals surface area contributed by atoms with Gasteiger partial charge >= 0.3 is 0 Å². The lowest BCUT2D eigenvalue weighted by molar-refractivity contribution is 0.272. The van der Waals surface area contributed by atoms with Crippen molar-refractivity contribution in [3.63, 3.8) is 0 Å². The van der Waals surface area contributed by atoms with E-state index in [1.807, 2.05) is 19.1 Å². The molecule has 2 aromatic rings. The standard InChI is InChI=1S/C12H14N2O/c1-8-4-3-5-10(6-8)12-9(2)13-11(7-15)14-12/h3-6,15H,7H2,1-2H3,(H,13,14). The molecule has 0 bridgehead atoms. The van der Waals surface area contributed by atoms with Crippen molar-refractivity contribution in [1.82, 2.24) is 9.97 Å². The predicted molar refractivity (Wildman–Crippen MR) is 59.4 cm³/mol. The SMILES string of the molecule is Cc1cccc(-c2nc(CO)[nH]c2C)c1. The number of aryl methyl sites for hydroxylation is 2. The van der Waals surface area contributed by atoms with E-state index in [1.165, 1.54) is 5.56 Å². The summed E-state index contributed by atoms with van der Waals surface area (Å²) < 4.78 is 0. The van der Waals surface area contributed by atoms with Gasteiger partial charge in [0, 0.05) is 11.3 Å². The third kappa shape index (κ3) is 1.92. The van der Waals surface area contributed by atoms with Crippen molar-refractivity contribution in [3.05, 3.63) is 41.3 Å². The Morgan fingerprint density at radius 1 is 1.33 bits per heavy atom. The molecule has 3 nitrogen and oxygen atoms in total. The molecule has 0 radical (unpaired) electrons. The maximum absolute atomic E-state index is 8.98. The molecule has 2 N–H and O–H groups in total. The molecule has 0 aliphatic heterocycles. The monoisotopic (exact) mass is 202 g/mol. The highest BCUT2D eigenvalue weighted by molar-refractivity contribution is 5.62. The molecule has 78 valence electrons. The van der Waals surface area contributed by atoms with Gasteiger partial charge < -0.3 is 10.1 Å². The minimum absolute atomic E-state index is 0.0490. The molecule has 0 saturated heterocycles. The Morgan fingerprint density at radius 3 is 2.73 bits per heavy atom. The van der Waals surface area contributed by atoms with Crippen LogP contribution in [0.1, 0.15) is 17.1 Å². The van der Waals surface area contributed by atoms with Crippen molar-refractivity contribution in [2.75, 3.05) is 0 Å². The topological polar surface area (TPSA) is 48.9 Å². The van der Waals surface area contributed by atoms with Gasteiger partial charge in [0.15, 0.2) is 0 Å². The quantitative estimate of drug-likeness (QED) is 0.784. The Balaban J connectivity index is 2.48. The van der Waals surface area contributed by atoms with Gasteiger partial charge in [0.05, 0.1) is 5.69 Å². The summed E-state index contributed by atoms with van der Waals surface area (Å²) in [6, 6.07) is 8.18. The van der Waals surface area contributed by atoms with E-state index in [4.69, 9.17) is 5.11 Å². The van der Waals surface area contributed by atoms with Crippen LogP contribution in [0.4, 0.5) is 0 Å². The van der Waals surface area contributed by atoms with Gasteiger partial charge in [0.2, 0.25) is 0 Å². The third-order valence-electron chi connectivity index (χ3n) is 2.38. The third-order valence-corrected chi connectivity index (χ3v) is 2.38. The van der Waals surface area contributed by atoms with Crippen LogP contribution < -0.4 is 0 Å². The van der Waals surface area contributed by atoms with E-state index < -0.39 is 0 Å². The summed E-state index contributed by atoms with van der Waals surface area (Å²) >= 11 is 0. The number of H-pyrrole nitrogens is 1. The van der Waals surface area contributed by atoms with Crippen LogP contribution in [-0.4, -0.2) is 15.1 Å². The molecular weight excluding hydrogens is 188 g/mol. The van der Waals surface area contributed by atoms with Crippen LogP contribution >= 0.6 is 0 Å². The number of imidazole rings is 1. The molecule has 0 atom stereocenters. The first kappa shape index (κ1) is 9.93. The number of hydrogen-bond donors (Lipinski definition) is 2. The molecule has 15 heavy (non-hydrogen) atoms. The zero-order valence-corrected chi connectivity index (χ0v) is 8.91. The maximum atomic E-state index is 8.98. The van der Waals surface area contributed by atoms with Crippen molar-refractivity contribution >= 4 is 0 Å².